The number of aromatic nitrogens is 1. The number of nitrogens with zero attached hydrogens (tertiary/aromatic N) is 2. The van der Waals surface area contributed by atoms with Gasteiger partial charge < -0.3 is 14.0 Å². The van der Waals surface area contributed by atoms with Gasteiger partial charge in [-0.25, -0.2) is 4.79 Å². The molecule has 0 aliphatic rings. The Hall–Kier alpha value is -2.65. The molecule has 0 atom stereocenters. The van der Waals surface area contributed by atoms with E-state index < -0.39 is 17.5 Å². The molecule has 1 aromatic heterocycles. The van der Waals surface area contributed by atoms with Gasteiger partial charge in [-0.1, -0.05) is 0 Å². The zero-order valence-corrected chi connectivity index (χ0v) is 17.7. The summed E-state index contributed by atoms with van der Waals surface area (Å²) in [6, 6.07) is 5.89. The van der Waals surface area contributed by atoms with Crippen LogP contribution >= 0.6 is 11.8 Å². The third-order valence-corrected chi connectivity index (χ3v) is 5.33. The summed E-state index contributed by atoms with van der Waals surface area (Å²) in [5.74, 6) is -1.09. The van der Waals surface area contributed by atoms with Crippen LogP contribution in [0.5, 0.6) is 0 Å². The summed E-state index contributed by atoms with van der Waals surface area (Å²) in [4.78, 5) is 35.9. The molecule has 0 spiro atoms. The van der Waals surface area contributed by atoms with Crippen LogP contribution in [0, 0.1) is 24.0 Å². The van der Waals surface area contributed by atoms with Gasteiger partial charge in [0.1, 0.15) is 0 Å². The molecule has 8 nitrogen and oxygen atoms in total. The van der Waals surface area contributed by atoms with Gasteiger partial charge in [0.15, 0.2) is 6.61 Å². The number of carbonyl (C=O) groups is 2. The first-order chi connectivity index (χ1) is 13.8. The van der Waals surface area contributed by atoms with Gasteiger partial charge >= 0.3 is 5.97 Å². The number of ketones is 1. The number of nitro groups is 1. The third kappa shape index (κ3) is 5.45. The number of aryl methyl sites for hydroxylation is 1. The first kappa shape index (κ1) is 22.6. The molecule has 0 saturated carbocycles. The van der Waals surface area contributed by atoms with Crippen LogP contribution in [0.2, 0.25) is 0 Å². The van der Waals surface area contributed by atoms with Crippen molar-refractivity contribution in [3.63, 3.8) is 0 Å². The number of ether oxygens (including phenoxy) is 2. The molecule has 9 heteroatoms. The van der Waals surface area contributed by atoms with E-state index in [1.807, 2.05) is 18.4 Å². The number of Topliss-reactive ketones (excluding diaryl/α,β-unsaturated/α-hetero) is 1. The highest BCUT2D eigenvalue weighted by molar-refractivity contribution is 7.98. The van der Waals surface area contributed by atoms with Gasteiger partial charge in [-0.2, -0.15) is 0 Å². The average molecular weight is 420 g/mol. The van der Waals surface area contributed by atoms with Crippen molar-refractivity contribution in [2.24, 2.45) is 0 Å². The van der Waals surface area contributed by atoms with E-state index in [2.05, 4.69) is 0 Å². The summed E-state index contributed by atoms with van der Waals surface area (Å²) >= 11 is 1.21. The summed E-state index contributed by atoms with van der Waals surface area (Å²) in [7, 11) is 1.64. The van der Waals surface area contributed by atoms with E-state index in [-0.39, 0.29) is 17.0 Å². The number of rotatable bonds is 10. The van der Waals surface area contributed by atoms with Crippen LogP contribution in [0.15, 0.2) is 29.2 Å². The molecule has 0 aliphatic carbocycles. The van der Waals surface area contributed by atoms with E-state index in [4.69, 9.17) is 9.47 Å². The first-order valence-electron chi connectivity index (χ1n) is 8.98. The highest BCUT2D eigenvalue weighted by atomic mass is 32.2. The maximum Gasteiger partial charge on any atom is 0.338 e. The number of hydrogen-bond acceptors (Lipinski definition) is 7. The Kier molecular flexibility index (Phi) is 7.98. The predicted octanol–water partition coefficient (Wildman–Crippen LogP) is 3.81. The Labute approximate surface area is 173 Å². The van der Waals surface area contributed by atoms with E-state index in [9.17, 15) is 19.7 Å². The fourth-order valence-corrected chi connectivity index (χ4v) is 3.59. The molecule has 0 saturated heterocycles. The molecule has 1 heterocycles. The largest absolute Gasteiger partial charge is 0.454 e. The van der Waals surface area contributed by atoms with Gasteiger partial charge in [0.05, 0.1) is 15.4 Å². The monoisotopic (exact) mass is 420 g/mol. The molecule has 2 aromatic rings. The van der Waals surface area contributed by atoms with E-state index in [0.29, 0.717) is 17.1 Å². The second kappa shape index (κ2) is 10.2. The summed E-state index contributed by atoms with van der Waals surface area (Å²) in [6.07, 6.45) is 2.53. The Morgan fingerprint density at radius 1 is 1.24 bits per heavy atom. The second-order valence-corrected chi connectivity index (χ2v) is 7.27. The summed E-state index contributed by atoms with van der Waals surface area (Å²) in [5, 5.41) is 11.1. The Bertz CT molecular complexity index is 922. The minimum atomic E-state index is -0.775. The number of esters is 1. The van der Waals surface area contributed by atoms with Gasteiger partial charge in [0.2, 0.25) is 5.78 Å². The van der Waals surface area contributed by atoms with Crippen molar-refractivity contribution in [1.29, 1.82) is 0 Å². The molecule has 0 fully saturated rings. The lowest BCUT2D eigenvalue weighted by Gasteiger charge is -2.09. The smallest absolute Gasteiger partial charge is 0.338 e. The Balaban J connectivity index is 2.07. The van der Waals surface area contributed by atoms with Crippen molar-refractivity contribution < 1.29 is 24.0 Å². The average Bonchev–Trinajstić information content (AvgIpc) is 2.99. The number of benzene rings is 1. The Morgan fingerprint density at radius 2 is 1.97 bits per heavy atom. The van der Waals surface area contributed by atoms with Crippen molar-refractivity contribution >= 4 is 29.2 Å². The molecule has 156 valence electrons. The number of thioether (sulfide) groups is 1. The van der Waals surface area contributed by atoms with E-state index >= 15 is 0 Å². The van der Waals surface area contributed by atoms with Gasteiger partial charge in [0.25, 0.3) is 5.69 Å². The summed E-state index contributed by atoms with van der Waals surface area (Å²) in [5.41, 5.74) is 2.11. The molecule has 29 heavy (non-hydrogen) atoms. The maximum absolute atomic E-state index is 12.5. The predicted molar refractivity (Wildman–Crippen MR) is 110 cm³/mol. The molecular weight excluding hydrogens is 396 g/mol. The summed E-state index contributed by atoms with van der Waals surface area (Å²) in [6.45, 7) is 4.68. The maximum atomic E-state index is 12.5. The molecule has 0 amide bonds. The van der Waals surface area contributed by atoms with Crippen LogP contribution in [0.1, 0.15) is 38.5 Å². The van der Waals surface area contributed by atoms with Gasteiger partial charge in [-0.15, -0.1) is 11.8 Å². The first-order valence-corrected chi connectivity index (χ1v) is 10.2. The SMILES string of the molecule is COCCCn1c(C)cc(C(=O)COC(=O)c2ccc(SC)c([N+](=O)[O-])c2)c1C. The van der Waals surface area contributed by atoms with Gasteiger partial charge in [-0.3, -0.25) is 14.9 Å². The molecule has 0 N–H and O–H groups in total. The zero-order chi connectivity index (χ0) is 21.6. The van der Waals surface area contributed by atoms with Crippen LogP contribution in [0.4, 0.5) is 5.69 Å². The van der Waals surface area contributed by atoms with Crippen molar-refractivity contribution in [1.82, 2.24) is 4.57 Å². The molecule has 0 radical (unpaired) electrons. The third-order valence-electron chi connectivity index (χ3n) is 4.55. The molecule has 0 aliphatic heterocycles. The normalized spacial score (nSPS) is 10.8. The van der Waals surface area contributed by atoms with E-state index in [0.717, 1.165) is 24.4 Å². The highest BCUT2D eigenvalue weighted by Gasteiger charge is 2.20. The van der Waals surface area contributed by atoms with Crippen molar-refractivity contribution in [3.8, 4) is 0 Å². The Morgan fingerprint density at radius 3 is 2.59 bits per heavy atom. The lowest BCUT2D eigenvalue weighted by atomic mass is 10.1. The molecule has 0 unspecified atom stereocenters. The number of hydrogen-bond donors (Lipinski definition) is 0. The zero-order valence-electron chi connectivity index (χ0n) is 16.9. The highest BCUT2D eigenvalue weighted by Crippen LogP contribution is 2.28. The van der Waals surface area contributed by atoms with Crippen LogP contribution in [0.25, 0.3) is 0 Å². The van der Waals surface area contributed by atoms with E-state index in [1.165, 1.54) is 30.0 Å². The number of nitro benzene ring substituents is 1. The van der Waals surface area contributed by atoms with E-state index in [1.54, 1.807) is 19.4 Å². The molecular formula is C20H24N2O6S. The van der Waals surface area contributed by atoms with Crippen LogP contribution in [-0.4, -0.2) is 47.8 Å². The quantitative estimate of drug-likeness (QED) is 0.144. The lowest BCUT2D eigenvalue weighted by Crippen LogP contribution is -2.15. The summed E-state index contributed by atoms with van der Waals surface area (Å²) < 4.78 is 12.2. The van der Waals surface area contributed by atoms with Crippen molar-refractivity contribution in [2.75, 3.05) is 26.6 Å². The van der Waals surface area contributed by atoms with Crippen LogP contribution in [-0.2, 0) is 16.0 Å². The van der Waals surface area contributed by atoms with Crippen molar-refractivity contribution in [2.45, 2.75) is 31.7 Å². The van der Waals surface area contributed by atoms with Gasteiger partial charge in [-0.05, 0) is 44.7 Å². The molecule has 2 rings (SSSR count). The lowest BCUT2D eigenvalue weighted by molar-refractivity contribution is -0.387. The molecule has 0 bridgehead atoms. The van der Waals surface area contributed by atoms with Gasteiger partial charge in [0, 0.05) is 43.3 Å². The number of methoxy groups -OCH3 is 1. The van der Waals surface area contributed by atoms with Crippen molar-refractivity contribution in [3.05, 3.63) is 56.9 Å². The fourth-order valence-electron chi connectivity index (χ4n) is 3.05. The van der Waals surface area contributed by atoms with Crippen LogP contribution < -0.4 is 0 Å². The minimum Gasteiger partial charge on any atom is -0.454 e. The topological polar surface area (TPSA) is 101 Å². The fraction of sp³-hybridized carbons (Fsp3) is 0.400. The minimum absolute atomic E-state index is 0.0346. The van der Waals surface area contributed by atoms with Crippen LogP contribution in [0.3, 0.4) is 0 Å². The molecule has 1 aromatic carbocycles. The number of carbonyl (C=O) groups excluding carboxylic acids is 2. The standard InChI is InChI=1S/C20H24N2O6S/c1-13-10-16(14(2)21(13)8-5-9-27-3)18(23)12-28-20(24)15-6-7-19(29-4)17(11-15)22(25)26/h6-7,10-11H,5,8-9,12H2,1-4H3. The second-order valence-electron chi connectivity index (χ2n) is 6.43.